The Hall–Kier alpha value is -7.23. The summed E-state index contributed by atoms with van der Waals surface area (Å²) in [6, 6.07) is 14.8. The molecule has 0 radical (unpaired) electrons. The van der Waals surface area contributed by atoms with Crippen molar-refractivity contribution >= 4 is 11.7 Å². The predicted octanol–water partition coefficient (Wildman–Crippen LogP) is 5.30. The van der Waals surface area contributed by atoms with Gasteiger partial charge in [-0.15, -0.1) is 0 Å². The highest BCUT2D eigenvalue weighted by atomic mass is 16.7. The lowest BCUT2D eigenvalue weighted by Gasteiger charge is -2.47. The summed E-state index contributed by atoms with van der Waals surface area (Å²) in [7, 11) is 0. The number of nitro benzene ring substituents is 1. The third kappa shape index (κ3) is 5.26. The van der Waals surface area contributed by atoms with Crippen molar-refractivity contribution in [3.8, 4) is 63.2 Å². The molecule has 5 aromatic rings. The van der Waals surface area contributed by atoms with Gasteiger partial charge in [0, 0.05) is 64.8 Å². The molecule has 270 valence electrons. The molecule has 0 aliphatic carbocycles. The SMILES string of the molecule is O=C(O[C@@H]1Cc2c(O)cc3c(c2O[C@@H]1c1ccc(O)c(O)c1)[C@H]1C[C@](c2ccc(O)c(O)c2)(Oc2ccc([N+](=O)[O-])cc21)O3)c1cc(O)c(O)c(O)c1. The number of hydrogen-bond acceptors (Lipinski definition) is 15. The Morgan fingerprint density at radius 1 is 0.755 bits per heavy atom. The van der Waals surface area contributed by atoms with Crippen LogP contribution < -0.4 is 14.2 Å². The van der Waals surface area contributed by atoms with Crippen molar-refractivity contribution in [3.05, 3.63) is 116 Å². The zero-order valence-electron chi connectivity index (χ0n) is 27.0. The van der Waals surface area contributed by atoms with Gasteiger partial charge < -0.3 is 59.8 Å². The molecule has 0 unspecified atom stereocenters. The number of non-ortho nitro benzene ring substituents is 1. The fourth-order valence-electron chi connectivity index (χ4n) is 7.07. The van der Waals surface area contributed by atoms with Crippen LogP contribution in [0.25, 0.3) is 0 Å². The fourth-order valence-corrected chi connectivity index (χ4v) is 7.07. The summed E-state index contributed by atoms with van der Waals surface area (Å²) in [6.07, 6.45) is -2.75. The number of rotatable bonds is 5. The molecule has 4 atom stereocenters. The first kappa shape index (κ1) is 32.9. The van der Waals surface area contributed by atoms with Gasteiger partial charge in [0.05, 0.1) is 10.5 Å². The molecule has 16 nitrogen and oxygen atoms in total. The van der Waals surface area contributed by atoms with Gasteiger partial charge in [0.1, 0.15) is 29.1 Å². The van der Waals surface area contributed by atoms with Crippen molar-refractivity contribution in [3.63, 3.8) is 0 Å². The number of carbonyl (C=O) groups is 1. The summed E-state index contributed by atoms with van der Waals surface area (Å²) >= 11 is 0. The highest BCUT2D eigenvalue weighted by molar-refractivity contribution is 5.91. The minimum atomic E-state index is -1.66. The van der Waals surface area contributed by atoms with Crippen LogP contribution >= 0.6 is 0 Å². The molecular weight excluding hydrogens is 698 g/mol. The number of benzene rings is 5. The summed E-state index contributed by atoms with van der Waals surface area (Å²) in [5, 5.41) is 94.0. The molecule has 0 fully saturated rings. The molecule has 0 aromatic heterocycles. The van der Waals surface area contributed by atoms with Gasteiger partial charge in [0.15, 0.2) is 46.4 Å². The van der Waals surface area contributed by atoms with E-state index in [1.54, 1.807) is 0 Å². The average Bonchev–Trinajstić information content (AvgIpc) is 3.12. The maximum absolute atomic E-state index is 13.4. The van der Waals surface area contributed by atoms with E-state index in [2.05, 4.69) is 0 Å². The molecule has 0 saturated heterocycles. The Labute approximate surface area is 297 Å². The van der Waals surface area contributed by atoms with Crippen molar-refractivity contribution in [2.75, 3.05) is 0 Å². The van der Waals surface area contributed by atoms with Gasteiger partial charge in [-0.3, -0.25) is 10.1 Å². The van der Waals surface area contributed by atoms with Gasteiger partial charge in [-0.1, -0.05) is 6.07 Å². The number of aromatic hydroxyl groups is 8. The number of esters is 1. The Bertz CT molecular complexity index is 2370. The highest BCUT2D eigenvalue weighted by Gasteiger charge is 2.53. The molecular formula is C37H27NO15. The molecule has 0 spiro atoms. The molecule has 3 aliphatic heterocycles. The molecule has 3 heterocycles. The quantitative estimate of drug-likeness (QED) is 0.0495. The van der Waals surface area contributed by atoms with Crippen LogP contribution in [-0.4, -0.2) is 57.8 Å². The van der Waals surface area contributed by atoms with Gasteiger partial charge in [-0.05, 0) is 48.5 Å². The molecule has 5 aromatic carbocycles. The summed E-state index contributed by atoms with van der Waals surface area (Å²) in [5.74, 6) is -7.82. The van der Waals surface area contributed by atoms with Crippen LogP contribution in [0.15, 0.2) is 72.8 Å². The predicted molar refractivity (Wildman–Crippen MR) is 178 cm³/mol. The van der Waals surface area contributed by atoms with Gasteiger partial charge in [0.25, 0.3) is 11.5 Å². The molecule has 8 N–H and O–H groups in total. The summed E-state index contributed by atoms with van der Waals surface area (Å²) < 4.78 is 25.2. The third-order valence-electron chi connectivity index (χ3n) is 9.61. The maximum atomic E-state index is 13.4. The van der Waals surface area contributed by atoms with E-state index >= 15 is 0 Å². The normalized spacial score (nSPS) is 20.7. The van der Waals surface area contributed by atoms with Crippen molar-refractivity contribution < 1.29 is 69.5 Å². The van der Waals surface area contributed by atoms with E-state index in [9.17, 15) is 55.8 Å². The molecule has 8 rings (SSSR count). The van der Waals surface area contributed by atoms with E-state index < -0.39 is 75.1 Å². The van der Waals surface area contributed by atoms with Crippen molar-refractivity contribution in [2.45, 2.75) is 36.8 Å². The molecule has 0 saturated carbocycles. The minimum Gasteiger partial charge on any atom is -0.507 e. The maximum Gasteiger partial charge on any atom is 0.338 e. The highest BCUT2D eigenvalue weighted by Crippen LogP contribution is 2.61. The zero-order chi connectivity index (χ0) is 37.5. The Morgan fingerprint density at radius 3 is 2.11 bits per heavy atom. The monoisotopic (exact) mass is 725 g/mol. The van der Waals surface area contributed by atoms with Crippen LogP contribution in [-0.2, 0) is 16.9 Å². The Balaban J connectivity index is 1.29. The van der Waals surface area contributed by atoms with Crippen LogP contribution in [0, 0.1) is 10.1 Å². The van der Waals surface area contributed by atoms with Gasteiger partial charge in [0.2, 0.25) is 0 Å². The van der Waals surface area contributed by atoms with E-state index in [1.807, 2.05) is 0 Å². The van der Waals surface area contributed by atoms with E-state index in [0.717, 1.165) is 12.1 Å². The minimum absolute atomic E-state index is 0.0319. The summed E-state index contributed by atoms with van der Waals surface area (Å²) in [6.45, 7) is 0. The van der Waals surface area contributed by atoms with Crippen molar-refractivity contribution in [1.29, 1.82) is 0 Å². The summed E-state index contributed by atoms with van der Waals surface area (Å²) in [4.78, 5) is 24.7. The number of fused-ring (bicyclic) bond motifs is 8. The van der Waals surface area contributed by atoms with Gasteiger partial charge >= 0.3 is 5.97 Å². The van der Waals surface area contributed by atoms with E-state index in [4.69, 9.17) is 18.9 Å². The molecule has 3 aliphatic rings. The zero-order valence-corrected chi connectivity index (χ0v) is 27.0. The lowest BCUT2D eigenvalue weighted by molar-refractivity contribution is -0.385. The second-order valence-corrected chi connectivity index (χ2v) is 12.8. The second-order valence-electron chi connectivity index (χ2n) is 12.8. The Kier molecular flexibility index (Phi) is 7.25. The lowest BCUT2D eigenvalue weighted by atomic mass is 9.76. The average molecular weight is 726 g/mol. The first-order valence-electron chi connectivity index (χ1n) is 15.9. The van der Waals surface area contributed by atoms with Crippen LogP contribution in [0.3, 0.4) is 0 Å². The number of phenols is 8. The van der Waals surface area contributed by atoms with Crippen molar-refractivity contribution in [1.82, 2.24) is 0 Å². The molecule has 2 bridgehead atoms. The van der Waals surface area contributed by atoms with Crippen molar-refractivity contribution in [2.24, 2.45) is 0 Å². The largest absolute Gasteiger partial charge is 0.507 e. The van der Waals surface area contributed by atoms with Gasteiger partial charge in [-0.2, -0.15) is 0 Å². The standard InChI is InChI=1S/C37H27NO15/c39-22-4-1-15(7-25(22)42)34-31(50-36(47)16-8-27(44)33(46)28(45)9-16)12-20-24(41)13-30-32(35(20)51-34)21-14-37(53-30,17-2-5-23(40)26(43)10-17)52-29-6-3-18(38(48)49)11-19(21)29/h1-11,13,21,31,34,39-46H,12,14H2/t21-,31+,34+,37-/m0/s1. The van der Waals surface area contributed by atoms with Crippen LogP contribution in [0.1, 0.15) is 56.6 Å². The van der Waals surface area contributed by atoms with E-state index in [1.165, 1.54) is 60.7 Å². The number of carbonyl (C=O) groups excluding carboxylic acids is 1. The van der Waals surface area contributed by atoms with Gasteiger partial charge in [-0.25, -0.2) is 4.79 Å². The lowest BCUT2D eigenvalue weighted by Crippen LogP contribution is -2.47. The topological polar surface area (TPSA) is 259 Å². The number of hydrogen-bond donors (Lipinski definition) is 8. The number of ether oxygens (including phenoxy) is 4. The smallest absolute Gasteiger partial charge is 0.338 e. The van der Waals surface area contributed by atoms with Crippen LogP contribution in [0.2, 0.25) is 0 Å². The first-order valence-corrected chi connectivity index (χ1v) is 15.9. The molecule has 53 heavy (non-hydrogen) atoms. The number of nitrogens with zero attached hydrogens (tertiary/aromatic N) is 1. The second kappa shape index (κ2) is 11.7. The van der Waals surface area contributed by atoms with Crippen LogP contribution in [0.4, 0.5) is 5.69 Å². The number of nitro groups is 1. The van der Waals surface area contributed by atoms with Crippen LogP contribution in [0.5, 0.6) is 63.2 Å². The van der Waals surface area contributed by atoms with E-state index in [-0.39, 0.29) is 63.8 Å². The number of phenolic OH excluding ortho intramolecular Hbond substituents is 8. The van der Waals surface area contributed by atoms with E-state index in [0.29, 0.717) is 11.1 Å². The summed E-state index contributed by atoms with van der Waals surface area (Å²) in [5.41, 5.74) is 0.780. The molecule has 16 heteroatoms. The first-order chi connectivity index (χ1) is 25.2. The molecule has 0 amide bonds. The Morgan fingerprint density at radius 2 is 1.43 bits per heavy atom. The third-order valence-corrected chi connectivity index (χ3v) is 9.61. The fraction of sp³-hybridized carbons (Fsp3) is 0.162.